The topological polar surface area (TPSA) is 46.2 Å². The van der Waals surface area contributed by atoms with E-state index < -0.39 is 38.2 Å². The van der Waals surface area contributed by atoms with Crippen molar-refractivity contribution in [3.8, 4) is 0 Å². The van der Waals surface area contributed by atoms with Crippen LogP contribution in [0.5, 0.6) is 0 Å². The lowest BCUT2D eigenvalue weighted by Crippen LogP contribution is -2.68. The van der Waals surface area contributed by atoms with Gasteiger partial charge in [-0.3, -0.25) is 0 Å². The lowest BCUT2D eigenvalue weighted by atomic mass is 9.96. The molecule has 6 heteroatoms. The van der Waals surface area contributed by atoms with Crippen LogP contribution in [0.1, 0.15) is 40.2 Å². The van der Waals surface area contributed by atoms with Crippen molar-refractivity contribution >= 4 is 18.7 Å². The predicted molar refractivity (Wildman–Crippen MR) is 156 cm³/mol. The summed E-state index contributed by atoms with van der Waals surface area (Å²) in [6, 6.07) is 31.3. The van der Waals surface area contributed by atoms with Gasteiger partial charge in [0.2, 0.25) is 0 Å². The summed E-state index contributed by atoms with van der Waals surface area (Å²) < 4.78 is 33.0. The predicted octanol–water partition coefficient (Wildman–Crippen LogP) is 5.58. The molecule has 2 heterocycles. The van der Waals surface area contributed by atoms with E-state index in [9.17, 15) is 0 Å². The third-order valence-electron chi connectivity index (χ3n) is 7.75. The van der Waals surface area contributed by atoms with Crippen molar-refractivity contribution in [1.29, 1.82) is 0 Å². The first kappa shape index (κ1) is 28.0. The van der Waals surface area contributed by atoms with E-state index in [0.29, 0.717) is 6.61 Å². The van der Waals surface area contributed by atoms with Gasteiger partial charge in [0.1, 0.15) is 17.8 Å². The van der Waals surface area contributed by atoms with Gasteiger partial charge in [-0.15, -0.1) is 6.58 Å². The van der Waals surface area contributed by atoms with Crippen LogP contribution in [0.25, 0.3) is 0 Å². The fraction of sp³-hybridized carbons (Fsp3) is 0.394. The van der Waals surface area contributed by atoms with Crippen LogP contribution in [0.4, 0.5) is 0 Å². The normalized spacial score (nSPS) is 26.3. The fourth-order valence-corrected chi connectivity index (χ4v) is 10.5. The Morgan fingerprint density at radius 2 is 1.36 bits per heavy atom. The Hall–Kier alpha value is -2.58. The minimum atomic E-state index is -2.83. The van der Waals surface area contributed by atoms with Gasteiger partial charge in [0.15, 0.2) is 12.1 Å². The van der Waals surface area contributed by atoms with Gasteiger partial charge in [0.05, 0.1) is 13.2 Å². The summed E-state index contributed by atoms with van der Waals surface area (Å²) >= 11 is 0. The number of rotatable bonds is 9. The fourth-order valence-electron chi connectivity index (χ4n) is 5.93. The zero-order chi connectivity index (χ0) is 27.7. The van der Waals surface area contributed by atoms with E-state index in [2.05, 4.69) is 88.0 Å². The molecule has 2 aliphatic rings. The third-order valence-corrected chi connectivity index (χ3v) is 12.7. The summed E-state index contributed by atoms with van der Waals surface area (Å²) in [5, 5.41) is 2.23. The van der Waals surface area contributed by atoms with Crippen molar-refractivity contribution in [3.63, 3.8) is 0 Å². The van der Waals surface area contributed by atoms with Crippen LogP contribution in [-0.2, 0) is 30.0 Å². The number of hydrogen-bond donors (Lipinski definition) is 0. The highest BCUT2D eigenvalue weighted by atomic mass is 28.4. The average Bonchev–Trinajstić information content (AvgIpc) is 3.37. The highest BCUT2D eigenvalue weighted by Crippen LogP contribution is 2.46. The Labute approximate surface area is 233 Å². The first-order valence-corrected chi connectivity index (χ1v) is 15.6. The summed E-state index contributed by atoms with van der Waals surface area (Å²) in [6.07, 6.45) is 0.351. The Morgan fingerprint density at radius 3 is 1.87 bits per heavy atom. The molecule has 0 radical (unpaired) electrons. The second-order valence-corrected chi connectivity index (χ2v) is 16.2. The maximum absolute atomic E-state index is 7.30. The van der Waals surface area contributed by atoms with Crippen molar-refractivity contribution in [1.82, 2.24) is 0 Å². The Bertz CT molecular complexity index is 1200. The van der Waals surface area contributed by atoms with E-state index in [1.807, 2.05) is 50.3 Å². The van der Waals surface area contributed by atoms with E-state index in [-0.39, 0.29) is 11.6 Å². The van der Waals surface area contributed by atoms with Gasteiger partial charge in [0.25, 0.3) is 8.32 Å². The lowest BCUT2D eigenvalue weighted by Gasteiger charge is -2.45. The highest BCUT2D eigenvalue weighted by Gasteiger charge is 2.63. The molecule has 0 amide bonds. The van der Waals surface area contributed by atoms with Crippen LogP contribution in [-0.4, -0.2) is 44.8 Å². The zero-order valence-corrected chi connectivity index (χ0v) is 24.6. The summed E-state index contributed by atoms with van der Waals surface area (Å²) in [7, 11) is -2.83. The Morgan fingerprint density at radius 1 is 0.821 bits per heavy atom. The van der Waals surface area contributed by atoms with Crippen LogP contribution >= 0.6 is 0 Å². The lowest BCUT2D eigenvalue weighted by molar-refractivity contribution is -0.239. The molecule has 39 heavy (non-hydrogen) atoms. The van der Waals surface area contributed by atoms with Gasteiger partial charge in [-0.2, -0.15) is 0 Å². The highest BCUT2D eigenvalue weighted by molar-refractivity contribution is 6.99. The molecule has 3 aromatic rings. The molecule has 2 saturated heterocycles. The van der Waals surface area contributed by atoms with Gasteiger partial charge in [0, 0.05) is 0 Å². The maximum Gasteiger partial charge on any atom is 0.261 e. The van der Waals surface area contributed by atoms with E-state index in [0.717, 1.165) is 5.56 Å². The van der Waals surface area contributed by atoms with E-state index in [1.165, 1.54) is 10.4 Å². The molecule has 206 valence electrons. The van der Waals surface area contributed by atoms with Crippen LogP contribution in [0, 0.1) is 0 Å². The number of benzene rings is 3. The molecule has 0 bridgehead atoms. The molecule has 2 aliphatic heterocycles. The molecule has 5 nitrogen and oxygen atoms in total. The molecule has 0 spiro atoms. The molecular formula is C33H40O5Si. The van der Waals surface area contributed by atoms with Crippen molar-refractivity contribution < 1.29 is 23.4 Å². The van der Waals surface area contributed by atoms with Crippen LogP contribution in [0.2, 0.25) is 5.04 Å². The van der Waals surface area contributed by atoms with Gasteiger partial charge in [-0.25, -0.2) is 0 Å². The second kappa shape index (κ2) is 10.8. The van der Waals surface area contributed by atoms with Crippen molar-refractivity contribution in [3.05, 3.63) is 109 Å². The summed E-state index contributed by atoms with van der Waals surface area (Å²) in [5.41, 5.74) is 0.109. The summed E-state index contributed by atoms with van der Waals surface area (Å²) in [5.74, 6) is -0.768. The summed E-state index contributed by atoms with van der Waals surface area (Å²) in [4.78, 5) is 0. The molecule has 0 aliphatic carbocycles. The average molecular weight is 545 g/mol. The van der Waals surface area contributed by atoms with Crippen LogP contribution in [0.3, 0.4) is 0 Å². The van der Waals surface area contributed by atoms with Gasteiger partial charge in [-0.05, 0) is 34.8 Å². The molecular weight excluding hydrogens is 504 g/mol. The molecule has 0 N–H and O–H groups in total. The number of ether oxygens (including phenoxy) is 4. The summed E-state index contributed by atoms with van der Waals surface area (Å²) in [6.45, 7) is 15.5. The van der Waals surface area contributed by atoms with Gasteiger partial charge in [-0.1, -0.05) is 118 Å². The van der Waals surface area contributed by atoms with Gasteiger partial charge >= 0.3 is 0 Å². The van der Waals surface area contributed by atoms with Gasteiger partial charge < -0.3 is 23.4 Å². The SMILES string of the molecule is C=C[C@]1(CO[Si](c2ccccc2)(c2ccccc2)C(C)(C)C)OC2OC(C)(C)O[C@@H]2[C@@H]1OCc1ccccc1. The quantitative estimate of drug-likeness (QED) is 0.260. The Kier molecular flexibility index (Phi) is 7.72. The van der Waals surface area contributed by atoms with E-state index in [1.54, 1.807) is 0 Å². The number of hydrogen-bond acceptors (Lipinski definition) is 5. The first-order chi connectivity index (χ1) is 18.6. The largest absolute Gasteiger partial charge is 0.404 e. The van der Waals surface area contributed by atoms with Crippen molar-refractivity contribution in [2.45, 2.75) is 76.1 Å². The van der Waals surface area contributed by atoms with E-state index >= 15 is 0 Å². The van der Waals surface area contributed by atoms with Crippen LogP contribution in [0.15, 0.2) is 104 Å². The van der Waals surface area contributed by atoms with Crippen LogP contribution < -0.4 is 10.4 Å². The maximum atomic E-state index is 7.30. The first-order valence-electron chi connectivity index (χ1n) is 13.7. The second-order valence-electron chi connectivity index (χ2n) is 11.9. The van der Waals surface area contributed by atoms with Crippen molar-refractivity contribution in [2.24, 2.45) is 0 Å². The zero-order valence-electron chi connectivity index (χ0n) is 23.6. The molecule has 2 fully saturated rings. The number of fused-ring (bicyclic) bond motifs is 1. The van der Waals surface area contributed by atoms with E-state index in [4.69, 9.17) is 23.4 Å². The molecule has 3 aromatic carbocycles. The third kappa shape index (κ3) is 5.30. The standard InChI is InChI=1S/C33H40O5Si/c1-7-33(29(34-23-25-17-11-8-12-18-25)28-30(38-33)37-32(5,6)36-28)24-35-39(31(2,3)4,26-19-13-9-14-20-26)27-21-15-10-16-22-27/h7-22,28-30H,1,23-24H2,2-6H3/t28-,29+,30?,33-/m1/s1. The van der Waals surface area contributed by atoms with Crippen molar-refractivity contribution in [2.75, 3.05) is 6.61 Å². The molecule has 5 rings (SSSR count). The minimum Gasteiger partial charge on any atom is -0.404 e. The molecule has 0 aromatic heterocycles. The minimum absolute atomic E-state index is 0.179. The smallest absolute Gasteiger partial charge is 0.261 e. The Balaban J connectivity index is 1.53. The monoisotopic (exact) mass is 544 g/mol. The molecule has 4 atom stereocenters. The molecule has 0 saturated carbocycles. The molecule has 1 unspecified atom stereocenters.